The normalized spacial score (nSPS) is 15.7. The maximum Gasteiger partial charge on any atom is 0.452 e. The van der Waals surface area contributed by atoms with Crippen molar-refractivity contribution in [1.82, 2.24) is 0 Å². The standard InChI is InChI=1S/C11H7ClF3NO3/c12-6-1-3-7(4-2-6)16-5-8(10(17)18)9(19-16)11(13,14)15/h1-4H,5H2,(H,17,18). The van der Waals surface area contributed by atoms with Gasteiger partial charge in [-0.2, -0.15) is 13.2 Å². The van der Waals surface area contributed by atoms with Crippen LogP contribution in [0.5, 0.6) is 0 Å². The Bertz CT molecular complexity index is 539. The van der Waals surface area contributed by atoms with E-state index in [0.717, 1.165) is 5.06 Å². The molecule has 0 radical (unpaired) electrons. The van der Waals surface area contributed by atoms with Gasteiger partial charge in [0.15, 0.2) is 0 Å². The molecule has 0 spiro atoms. The number of anilines is 1. The van der Waals surface area contributed by atoms with Crippen molar-refractivity contribution in [1.29, 1.82) is 0 Å². The van der Waals surface area contributed by atoms with Crippen LogP contribution in [0.15, 0.2) is 35.6 Å². The molecule has 1 aliphatic heterocycles. The number of carboxylic acids is 1. The van der Waals surface area contributed by atoms with Gasteiger partial charge >= 0.3 is 12.1 Å². The number of hydrogen-bond acceptors (Lipinski definition) is 3. The lowest BCUT2D eigenvalue weighted by Gasteiger charge is -2.18. The molecule has 0 atom stereocenters. The average molecular weight is 294 g/mol. The highest BCUT2D eigenvalue weighted by molar-refractivity contribution is 6.30. The Morgan fingerprint density at radius 2 is 1.89 bits per heavy atom. The van der Waals surface area contributed by atoms with Crippen LogP contribution in [0.3, 0.4) is 0 Å². The topological polar surface area (TPSA) is 49.8 Å². The zero-order valence-corrected chi connectivity index (χ0v) is 10.00. The molecule has 102 valence electrons. The van der Waals surface area contributed by atoms with Crippen molar-refractivity contribution in [2.45, 2.75) is 6.18 Å². The number of carbonyl (C=O) groups is 1. The van der Waals surface area contributed by atoms with Crippen LogP contribution >= 0.6 is 11.6 Å². The first-order valence-corrected chi connectivity index (χ1v) is 5.41. The molecule has 0 bridgehead atoms. The molecule has 1 heterocycles. The summed E-state index contributed by atoms with van der Waals surface area (Å²) in [4.78, 5) is 15.4. The molecule has 0 aromatic heterocycles. The second-order valence-electron chi connectivity index (χ2n) is 3.71. The molecule has 2 rings (SSSR count). The summed E-state index contributed by atoms with van der Waals surface area (Å²) >= 11 is 5.65. The number of aliphatic carboxylic acids is 1. The zero-order valence-electron chi connectivity index (χ0n) is 9.24. The van der Waals surface area contributed by atoms with Crippen molar-refractivity contribution < 1.29 is 27.9 Å². The smallest absolute Gasteiger partial charge is 0.452 e. The van der Waals surface area contributed by atoms with Crippen LogP contribution in [0, 0.1) is 0 Å². The number of hydroxylamine groups is 1. The molecule has 0 saturated carbocycles. The molecule has 1 aliphatic rings. The Kier molecular flexibility index (Phi) is 3.32. The van der Waals surface area contributed by atoms with E-state index < -0.39 is 30.0 Å². The summed E-state index contributed by atoms with van der Waals surface area (Å²) in [6.45, 7) is -0.494. The highest BCUT2D eigenvalue weighted by Gasteiger charge is 2.46. The van der Waals surface area contributed by atoms with E-state index in [-0.39, 0.29) is 5.69 Å². The molecule has 0 aliphatic carbocycles. The Labute approximate surface area is 110 Å². The zero-order chi connectivity index (χ0) is 14.2. The molecule has 8 heteroatoms. The number of alkyl halides is 3. The molecule has 1 aromatic carbocycles. The number of rotatable bonds is 2. The predicted molar refractivity (Wildman–Crippen MR) is 60.6 cm³/mol. The Morgan fingerprint density at radius 3 is 2.32 bits per heavy atom. The molecular weight excluding hydrogens is 287 g/mol. The summed E-state index contributed by atoms with van der Waals surface area (Å²) in [6, 6.07) is 5.79. The van der Waals surface area contributed by atoms with Crippen LogP contribution in [0.1, 0.15) is 0 Å². The first-order valence-electron chi connectivity index (χ1n) is 5.04. The number of nitrogens with zero attached hydrogens (tertiary/aromatic N) is 1. The van der Waals surface area contributed by atoms with Gasteiger partial charge in [-0.15, -0.1) is 0 Å². The SMILES string of the molecule is O=C(O)C1=C(C(F)(F)F)ON(c2ccc(Cl)cc2)C1. The van der Waals surface area contributed by atoms with Crippen molar-refractivity contribution in [3.8, 4) is 0 Å². The van der Waals surface area contributed by atoms with Crippen molar-refractivity contribution in [2.75, 3.05) is 11.6 Å². The number of benzene rings is 1. The lowest BCUT2D eigenvalue weighted by molar-refractivity contribution is -0.138. The molecule has 1 aromatic rings. The fourth-order valence-corrected chi connectivity index (χ4v) is 1.68. The molecule has 19 heavy (non-hydrogen) atoms. The summed E-state index contributed by atoms with van der Waals surface area (Å²) < 4.78 is 37.9. The van der Waals surface area contributed by atoms with Gasteiger partial charge < -0.3 is 9.94 Å². The highest BCUT2D eigenvalue weighted by atomic mass is 35.5. The van der Waals surface area contributed by atoms with Gasteiger partial charge in [0.25, 0.3) is 0 Å². The van der Waals surface area contributed by atoms with Crippen LogP contribution in [-0.4, -0.2) is 23.8 Å². The van der Waals surface area contributed by atoms with Crippen LogP contribution in [0.4, 0.5) is 18.9 Å². The van der Waals surface area contributed by atoms with Gasteiger partial charge in [0.1, 0.15) is 5.57 Å². The van der Waals surface area contributed by atoms with E-state index >= 15 is 0 Å². The minimum absolute atomic E-state index is 0.280. The first-order chi connectivity index (χ1) is 8.79. The third-order valence-corrected chi connectivity index (χ3v) is 2.66. The average Bonchev–Trinajstić information content (AvgIpc) is 2.74. The Hall–Kier alpha value is -1.89. The number of halogens is 4. The Morgan fingerprint density at radius 1 is 1.32 bits per heavy atom. The largest absolute Gasteiger partial charge is 0.478 e. The van der Waals surface area contributed by atoms with E-state index in [0.29, 0.717) is 5.02 Å². The monoisotopic (exact) mass is 293 g/mol. The second kappa shape index (κ2) is 4.65. The van der Waals surface area contributed by atoms with Crippen molar-refractivity contribution in [3.05, 3.63) is 40.6 Å². The molecule has 4 nitrogen and oxygen atoms in total. The summed E-state index contributed by atoms with van der Waals surface area (Å²) in [5.74, 6) is -3.17. The summed E-state index contributed by atoms with van der Waals surface area (Å²) in [5.41, 5.74) is -0.551. The van der Waals surface area contributed by atoms with Crippen LogP contribution < -0.4 is 5.06 Å². The third-order valence-electron chi connectivity index (χ3n) is 2.41. The van der Waals surface area contributed by atoms with Crippen LogP contribution in [0.25, 0.3) is 0 Å². The van der Waals surface area contributed by atoms with Gasteiger partial charge in [-0.3, -0.25) is 0 Å². The van der Waals surface area contributed by atoms with Crippen LogP contribution in [-0.2, 0) is 9.63 Å². The lowest BCUT2D eigenvalue weighted by Crippen LogP contribution is -2.21. The third kappa shape index (κ3) is 2.76. The van der Waals surface area contributed by atoms with Gasteiger partial charge in [-0.05, 0) is 24.3 Å². The minimum Gasteiger partial charge on any atom is -0.478 e. The highest BCUT2D eigenvalue weighted by Crippen LogP contribution is 2.36. The van der Waals surface area contributed by atoms with Crippen molar-refractivity contribution in [2.24, 2.45) is 0 Å². The van der Waals surface area contributed by atoms with Crippen molar-refractivity contribution >= 4 is 23.3 Å². The van der Waals surface area contributed by atoms with Gasteiger partial charge in [-0.25, -0.2) is 9.86 Å². The first kappa shape index (κ1) is 13.5. The van der Waals surface area contributed by atoms with Crippen LogP contribution in [0.2, 0.25) is 5.02 Å². The molecule has 0 saturated heterocycles. The van der Waals surface area contributed by atoms with E-state index in [9.17, 15) is 18.0 Å². The molecular formula is C11H7ClF3NO3. The fourth-order valence-electron chi connectivity index (χ4n) is 1.55. The van der Waals surface area contributed by atoms with E-state index in [1.54, 1.807) is 0 Å². The number of allylic oxidation sites excluding steroid dienone is 1. The van der Waals surface area contributed by atoms with E-state index in [2.05, 4.69) is 4.84 Å². The maximum atomic E-state index is 12.6. The lowest BCUT2D eigenvalue weighted by atomic mass is 10.2. The number of hydrogen-bond donors (Lipinski definition) is 1. The summed E-state index contributed by atoms with van der Waals surface area (Å²) in [7, 11) is 0. The molecule has 0 fully saturated rings. The van der Waals surface area contributed by atoms with E-state index in [4.69, 9.17) is 16.7 Å². The summed E-state index contributed by atoms with van der Waals surface area (Å²) in [6.07, 6.45) is -4.85. The van der Waals surface area contributed by atoms with Gasteiger partial charge in [0.2, 0.25) is 5.76 Å². The second-order valence-corrected chi connectivity index (χ2v) is 4.15. The number of carboxylic acid groups (broad SMARTS) is 1. The van der Waals surface area contributed by atoms with Gasteiger partial charge in [0.05, 0.1) is 12.2 Å². The summed E-state index contributed by atoms with van der Waals surface area (Å²) in [5, 5.41) is 10.0. The Balaban J connectivity index is 2.28. The fraction of sp³-hybridized carbons (Fsp3) is 0.182. The minimum atomic E-state index is -4.85. The van der Waals surface area contributed by atoms with E-state index in [1.807, 2.05) is 0 Å². The van der Waals surface area contributed by atoms with E-state index in [1.165, 1.54) is 24.3 Å². The predicted octanol–water partition coefficient (Wildman–Crippen LogP) is 2.99. The van der Waals surface area contributed by atoms with Gasteiger partial charge in [-0.1, -0.05) is 11.6 Å². The molecule has 0 amide bonds. The van der Waals surface area contributed by atoms with Crippen molar-refractivity contribution in [3.63, 3.8) is 0 Å². The molecule has 0 unspecified atom stereocenters. The maximum absolute atomic E-state index is 12.6. The molecule has 1 N–H and O–H groups in total. The quantitative estimate of drug-likeness (QED) is 0.911. The van der Waals surface area contributed by atoms with Gasteiger partial charge in [0, 0.05) is 5.02 Å².